The van der Waals surface area contributed by atoms with Gasteiger partial charge in [0, 0.05) is 18.6 Å². The van der Waals surface area contributed by atoms with Gasteiger partial charge in [-0.15, -0.1) is 0 Å². The lowest BCUT2D eigenvalue weighted by molar-refractivity contribution is -0.154. The standard InChI is InChI=1S/C20H21ClN2O7S/c1-13(20(25)22-10-14-3-8-17-18(9-14)29-12-28-17)30-19(24)11-23(2)31(26,27)16-6-4-15(21)5-7-16/h3-9,13H,10-12H2,1-2H3,(H,22,25)/t13-/m0/s1. The van der Waals surface area contributed by atoms with E-state index >= 15 is 0 Å². The minimum atomic E-state index is -3.91. The van der Waals surface area contributed by atoms with E-state index in [1.54, 1.807) is 18.2 Å². The molecule has 1 N–H and O–H groups in total. The first-order valence-corrected chi connectivity index (χ1v) is 11.1. The summed E-state index contributed by atoms with van der Waals surface area (Å²) in [5.41, 5.74) is 0.782. The van der Waals surface area contributed by atoms with E-state index in [-0.39, 0.29) is 18.2 Å². The second kappa shape index (κ2) is 9.54. The summed E-state index contributed by atoms with van der Waals surface area (Å²) >= 11 is 5.77. The number of halogens is 1. The van der Waals surface area contributed by atoms with Crippen LogP contribution in [0.5, 0.6) is 11.5 Å². The number of nitrogens with one attached hydrogen (secondary N) is 1. The van der Waals surface area contributed by atoms with Gasteiger partial charge in [0.15, 0.2) is 17.6 Å². The molecule has 1 aliphatic rings. The molecule has 11 heteroatoms. The molecule has 0 bridgehead atoms. The number of carbonyl (C=O) groups is 2. The van der Waals surface area contributed by atoms with Crippen molar-refractivity contribution in [3.05, 3.63) is 53.1 Å². The third-order valence-corrected chi connectivity index (χ3v) is 6.52. The summed E-state index contributed by atoms with van der Waals surface area (Å²) in [5, 5.41) is 3.04. The van der Waals surface area contributed by atoms with E-state index in [1.165, 1.54) is 38.2 Å². The molecule has 1 amide bonds. The van der Waals surface area contributed by atoms with Gasteiger partial charge in [-0.2, -0.15) is 4.31 Å². The maximum atomic E-state index is 12.5. The predicted molar refractivity (Wildman–Crippen MR) is 111 cm³/mol. The van der Waals surface area contributed by atoms with Gasteiger partial charge in [-0.3, -0.25) is 9.59 Å². The number of benzene rings is 2. The molecule has 9 nitrogen and oxygen atoms in total. The van der Waals surface area contributed by atoms with Crippen molar-refractivity contribution >= 4 is 33.5 Å². The summed E-state index contributed by atoms with van der Waals surface area (Å²) < 4.78 is 41.5. The summed E-state index contributed by atoms with van der Waals surface area (Å²) in [4.78, 5) is 24.4. The molecule has 0 spiro atoms. The van der Waals surface area contributed by atoms with Crippen molar-refractivity contribution in [2.75, 3.05) is 20.4 Å². The second-order valence-corrected chi connectivity index (χ2v) is 9.23. The number of likely N-dealkylation sites (N-methyl/N-ethyl adjacent to an activating group) is 1. The van der Waals surface area contributed by atoms with Crippen LogP contribution < -0.4 is 14.8 Å². The largest absolute Gasteiger partial charge is 0.454 e. The molecule has 3 rings (SSSR count). The molecule has 2 aromatic carbocycles. The zero-order chi connectivity index (χ0) is 22.6. The smallest absolute Gasteiger partial charge is 0.322 e. The summed E-state index contributed by atoms with van der Waals surface area (Å²) in [6, 6.07) is 10.8. The van der Waals surface area contributed by atoms with Crippen LogP contribution in [0.4, 0.5) is 0 Å². The number of hydrogen-bond acceptors (Lipinski definition) is 7. The maximum Gasteiger partial charge on any atom is 0.322 e. The van der Waals surface area contributed by atoms with Gasteiger partial charge in [-0.05, 0) is 48.9 Å². The molecule has 0 saturated heterocycles. The Bertz CT molecular complexity index is 1070. The van der Waals surface area contributed by atoms with Gasteiger partial charge in [0.25, 0.3) is 5.91 Å². The highest BCUT2D eigenvalue weighted by molar-refractivity contribution is 7.89. The van der Waals surface area contributed by atoms with Gasteiger partial charge in [-0.1, -0.05) is 17.7 Å². The first kappa shape index (κ1) is 22.9. The predicted octanol–water partition coefficient (Wildman–Crippen LogP) is 1.94. The first-order chi connectivity index (χ1) is 14.7. The Hall–Kier alpha value is -2.82. The fourth-order valence-corrected chi connectivity index (χ4v) is 3.97. The van der Waals surface area contributed by atoms with E-state index in [2.05, 4.69) is 5.32 Å². The van der Waals surface area contributed by atoms with Gasteiger partial charge in [0.1, 0.15) is 6.54 Å². The number of rotatable bonds is 8. The lowest BCUT2D eigenvalue weighted by Crippen LogP contribution is -2.39. The molecule has 1 heterocycles. The van der Waals surface area contributed by atoms with Crippen LogP contribution in [-0.4, -0.2) is 51.1 Å². The van der Waals surface area contributed by atoms with Crippen LogP contribution in [0, 0.1) is 0 Å². The highest BCUT2D eigenvalue weighted by Gasteiger charge is 2.25. The quantitative estimate of drug-likeness (QED) is 0.589. The minimum Gasteiger partial charge on any atom is -0.454 e. The molecule has 0 fully saturated rings. The van der Waals surface area contributed by atoms with Gasteiger partial charge in [-0.25, -0.2) is 8.42 Å². The van der Waals surface area contributed by atoms with Crippen molar-refractivity contribution in [1.82, 2.24) is 9.62 Å². The van der Waals surface area contributed by atoms with Crippen LogP contribution in [0.1, 0.15) is 12.5 Å². The van der Waals surface area contributed by atoms with E-state index < -0.39 is 34.5 Å². The van der Waals surface area contributed by atoms with Crippen LogP contribution in [0.15, 0.2) is 47.4 Å². The fraction of sp³-hybridized carbons (Fsp3) is 0.300. The van der Waals surface area contributed by atoms with Crippen LogP contribution in [-0.2, 0) is 30.9 Å². The third kappa shape index (κ3) is 5.66. The van der Waals surface area contributed by atoms with Crippen LogP contribution in [0.25, 0.3) is 0 Å². The lowest BCUT2D eigenvalue weighted by atomic mass is 10.2. The Kier molecular flexibility index (Phi) is 7.04. The molecule has 0 aromatic heterocycles. The summed E-state index contributed by atoms with van der Waals surface area (Å²) in [6.07, 6.45) is -1.10. The van der Waals surface area contributed by atoms with Crippen molar-refractivity contribution in [3.63, 3.8) is 0 Å². The molecule has 1 atom stereocenters. The van der Waals surface area contributed by atoms with Crippen LogP contribution in [0.2, 0.25) is 5.02 Å². The molecule has 2 aromatic rings. The Labute approximate surface area is 184 Å². The molecule has 31 heavy (non-hydrogen) atoms. The number of carbonyl (C=O) groups excluding carboxylic acids is 2. The van der Waals surface area contributed by atoms with Crippen molar-refractivity contribution in [2.45, 2.75) is 24.5 Å². The van der Waals surface area contributed by atoms with Crippen LogP contribution in [0.3, 0.4) is 0 Å². The zero-order valence-corrected chi connectivity index (χ0v) is 18.4. The number of esters is 1. The molecule has 166 valence electrons. The Morgan fingerprint density at radius 3 is 2.55 bits per heavy atom. The zero-order valence-electron chi connectivity index (χ0n) is 16.8. The number of ether oxygens (including phenoxy) is 3. The Balaban J connectivity index is 1.50. The molecule has 1 aliphatic heterocycles. The van der Waals surface area contributed by atoms with E-state index in [9.17, 15) is 18.0 Å². The normalized spacial score (nSPS) is 13.7. The van der Waals surface area contributed by atoms with Crippen molar-refractivity contribution < 1.29 is 32.2 Å². The van der Waals surface area contributed by atoms with Gasteiger partial charge >= 0.3 is 5.97 Å². The van der Waals surface area contributed by atoms with Crippen molar-refractivity contribution in [2.24, 2.45) is 0 Å². The van der Waals surface area contributed by atoms with E-state index in [1.807, 2.05) is 0 Å². The summed E-state index contributed by atoms with van der Waals surface area (Å²) in [7, 11) is -2.66. The maximum absolute atomic E-state index is 12.5. The number of hydrogen-bond donors (Lipinski definition) is 1. The average molecular weight is 469 g/mol. The third-order valence-electron chi connectivity index (χ3n) is 4.45. The molecular formula is C20H21ClN2O7S. The van der Waals surface area contributed by atoms with Crippen molar-refractivity contribution in [1.29, 1.82) is 0 Å². The van der Waals surface area contributed by atoms with Gasteiger partial charge in [0.2, 0.25) is 16.8 Å². The van der Waals surface area contributed by atoms with E-state index in [0.717, 1.165) is 9.87 Å². The molecule has 0 aliphatic carbocycles. The minimum absolute atomic E-state index is 0.0123. The highest BCUT2D eigenvalue weighted by atomic mass is 35.5. The Morgan fingerprint density at radius 2 is 1.84 bits per heavy atom. The number of fused-ring (bicyclic) bond motifs is 1. The van der Waals surface area contributed by atoms with E-state index in [0.29, 0.717) is 16.5 Å². The highest BCUT2D eigenvalue weighted by Crippen LogP contribution is 2.32. The SMILES string of the molecule is C[C@H](OC(=O)CN(C)S(=O)(=O)c1ccc(Cl)cc1)C(=O)NCc1ccc2c(c1)OCO2. The number of sulfonamides is 1. The van der Waals surface area contributed by atoms with E-state index in [4.69, 9.17) is 25.8 Å². The number of amides is 1. The summed E-state index contributed by atoms with van der Waals surface area (Å²) in [5.74, 6) is -0.147. The van der Waals surface area contributed by atoms with Gasteiger partial charge < -0.3 is 19.5 Å². The lowest BCUT2D eigenvalue weighted by Gasteiger charge is -2.18. The molecule has 0 saturated carbocycles. The van der Waals surface area contributed by atoms with Crippen molar-refractivity contribution in [3.8, 4) is 11.5 Å². The second-order valence-electron chi connectivity index (χ2n) is 6.75. The average Bonchev–Trinajstić information content (AvgIpc) is 3.20. The molecule has 0 unspecified atom stereocenters. The topological polar surface area (TPSA) is 111 Å². The Morgan fingerprint density at radius 1 is 1.16 bits per heavy atom. The molecular weight excluding hydrogens is 448 g/mol. The number of nitrogens with zero attached hydrogens (tertiary/aromatic N) is 1. The summed E-state index contributed by atoms with van der Waals surface area (Å²) in [6.45, 7) is 1.20. The fourth-order valence-electron chi connectivity index (χ4n) is 2.73. The monoisotopic (exact) mass is 468 g/mol. The molecule has 0 radical (unpaired) electrons. The van der Waals surface area contributed by atoms with Crippen LogP contribution >= 0.6 is 11.6 Å². The first-order valence-electron chi connectivity index (χ1n) is 9.24. The van der Waals surface area contributed by atoms with Gasteiger partial charge in [0.05, 0.1) is 4.90 Å².